The van der Waals surface area contributed by atoms with E-state index in [0.717, 1.165) is 35.6 Å². The van der Waals surface area contributed by atoms with Crippen molar-refractivity contribution < 1.29 is 8.78 Å². The van der Waals surface area contributed by atoms with Crippen molar-refractivity contribution in [3.63, 3.8) is 0 Å². The van der Waals surface area contributed by atoms with Crippen molar-refractivity contribution in [2.24, 2.45) is 0 Å². The Hall–Kier alpha value is -1.88. The maximum atomic E-state index is 13.2. The predicted octanol–water partition coefficient (Wildman–Crippen LogP) is 2.33. The van der Waals surface area contributed by atoms with Gasteiger partial charge < -0.3 is 5.32 Å². The molecule has 0 unspecified atom stereocenters. The van der Waals surface area contributed by atoms with E-state index in [1.165, 1.54) is 6.07 Å². The van der Waals surface area contributed by atoms with Crippen LogP contribution < -0.4 is 5.32 Å². The number of nitrogens with zero attached hydrogens (tertiary/aromatic N) is 2. The molecule has 0 radical (unpaired) electrons. The van der Waals surface area contributed by atoms with Gasteiger partial charge >= 0.3 is 0 Å². The summed E-state index contributed by atoms with van der Waals surface area (Å²) < 4.78 is 26.1. The molecule has 1 aromatic heterocycles. The number of rotatable bonds is 1. The summed E-state index contributed by atoms with van der Waals surface area (Å²) in [5.41, 5.74) is 3.40. The molecule has 1 N–H and O–H groups in total. The van der Waals surface area contributed by atoms with E-state index in [1.54, 1.807) is 0 Å². The molecule has 0 amide bonds. The van der Waals surface area contributed by atoms with Crippen LogP contribution in [-0.4, -0.2) is 9.97 Å². The number of benzene rings is 1. The number of fused-ring (bicyclic) bond motifs is 1. The minimum atomic E-state index is -0.882. The standard InChI is InChI=1S/C13H11F2N3/c1-7-9-5-16-6-12(9)18-13(17-7)8-2-3-10(14)11(15)4-8/h2-4,16H,5-6H2,1H3. The Kier molecular flexibility index (Phi) is 2.56. The molecular weight excluding hydrogens is 236 g/mol. The molecule has 0 atom stereocenters. The lowest BCUT2D eigenvalue weighted by Crippen LogP contribution is -2.00. The van der Waals surface area contributed by atoms with Crippen LogP contribution >= 0.6 is 0 Å². The van der Waals surface area contributed by atoms with Gasteiger partial charge in [-0.2, -0.15) is 0 Å². The van der Waals surface area contributed by atoms with Crippen molar-refractivity contribution in [2.75, 3.05) is 0 Å². The Balaban J connectivity index is 2.12. The first-order valence-electron chi connectivity index (χ1n) is 5.67. The molecule has 18 heavy (non-hydrogen) atoms. The van der Waals surface area contributed by atoms with E-state index in [1.807, 2.05) is 6.92 Å². The van der Waals surface area contributed by atoms with Crippen LogP contribution in [-0.2, 0) is 13.1 Å². The quantitative estimate of drug-likeness (QED) is 0.840. The summed E-state index contributed by atoms with van der Waals surface area (Å²) in [6, 6.07) is 3.70. The van der Waals surface area contributed by atoms with Gasteiger partial charge in [-0.15, -0.1) is 0 Å². The molecule has 1 aliphatic heterocycles. The van der Waals surface area contributed by atoms with Gasteiger partial charge in [0.25, 0.3) is 0 Å². The molecule has 2 aromatic rings. The fourth-order valence-electron chi connectivity index (χ4n) is 2.10. The van der Waals surface area contributed by atoms with Crippen LogP contribution in [0, 0.1) is 18.6 Å². The van der Waals surface area contributed by atoms with Crippen LogP contribution in [0.15, 0.2) is 18.2 Å². The highest BCUT2D eigenvalue weighted by molar-refractivity contribution is 5.56. The topological polar surface area (TPSA) is 37.8 Å². The molecule has 3 rings (SSSR count). The minimum absolute atomic E-state index is 0.439. The van der Waals surface area contributed by atoms with Gasteiger partial charge in [-0.25, -0.2) is 18.7 Å². The molecule has 5 heteroatoms. The van der Waals surface area contributed by atoms with E-state index >= 15 is 0 Å². The largest absolute Gasteiger partial charge is 0.307 e. The van der Waals surface area contributed by atoms with E-state index in [9.17, 15) is 8.78 Å². The van der Waals surface area contributed by atoms with Crippen molar-refractivity contribution in [1.82, 2.24) is 15.3 Å². The molecule has 1 aromatic carbocycles. The second kappa shape index (κ2) is 4.10. The number of hydrogen-bond donors (Lipinski definition) is 1. The second-order valence-corrected chi connectivity index (χ2v) is 4.29. The number of halogens is 2. The highest BCUT2D eigenvalue weighted by Crippen LogP contribution is 2.23. The second-order valence-electron chi connectivity index (χ2n) is 4.29. The zero-order chi connectivity index (χ0) is 12.7. The van der Waals surface area contributed by atoms with Crippen LogP contribution in [0.3, 0.4) is 0 Å². The van der Waals surface area contributed by atoms with Crippen molar-refractivity contribution >= 4 is 0 Å². The van der Waals surface area contributed by atoms with E-state index in [4.69, 9.17) is 0 Å². The number of aryl methyl sites for hydroxylation is 1. The van der Waals surface area contributed by atoms with Crippen LogP contribution in [0.2, 0.25) is 0 Å². The minimum Gasteiger partial charge on any atom is -0.307 e. The lowest BCUT2D eigenvalue weighted by atomic mass is 10.1. The van der Waals surface area contributed by atoms with Gasteiger partial charge in [0, 0.05) is 29.9 Å². The van der Waals surface area contributed by atoms with Gasteiger partial charge in [-0.1, -0.05) is 0 Å². The van der Waals surface area contributed by atoms with Gasteiger partial charge in [-0.05, 0) is 25.1 Å². The zero-order valence-corrected chi connectivity index (χ0v) is 9.80. The van der Waals surface area contributed by atoms with E-state index < -0.39 is 11.6 Å². The van der Waals surface area contributed by atoms with Crippen LogP contribution in [0.4, 0.5) is 8.78 Å². The maximum absolute atomic E-state index is 13.2. The third-order valence-electron chi connectivity index (χ3n) is 3.07. The van der Waals surface area contributed by atoms with E-state index in [-0.39, 0.29) is 0 Å². The Bertz CT molecular complexity index is 626. The highest BCUT2D eigenvalue weighted by atomic mass is 19.2. The first kappa shape index (κ1) is 11.2. The summed E-state index contributed by atoms with van der Waals surface area (Å²) in [5.74, 6) is -1.31. The first-order valence-corrected chi connectivity index (χ1v) is 5.67. The van der Waals surface area contributed by atoms with E-state index in [0.29, 0.717) is 17.9 Å². The average Bonchev–Trinajstić information content (AvgIpc) is 2.81. The molecule has 92 valence electrons. The molecule has 3 nitrogen and oxygen atoms in total. The van der Waals surface area contributed by atoms with Gasteiger partial charge in [0.05, 0.1) is 5.69 Å². The molecule has 0 aliphatic carbocycles. The summed E-state index contributed by atoms with van der Waals surface area (Å²) in [7, 11) is 0. The average molecular weight is 247 g/mol. The molecule has 0 bridgehead atoms. The summed E-state index contributed by atoms with van der Waals surface area (Å²) >= 11 is 0. The molecule has 2 heterocycles. The summed E-state index contributed by atoms with van der Waals surface area (Å²) in [6.45, 7) is 3.35. The Morgan fingerprint density at radius 2 is 1.94 bits per heavy atom. The third kappa shape index (κ3) is 1.76. The van der Waals surface area contributed by atoms with Gasteiger partial charge in [0.2, 0.25) is 0 Å². The SMILES string of the molecule is Cc1nc(-c2ccc(F)c(F)c2)nc2c1CNC2. The molecule has 1 aliphatic rings. The van der Waals surface area contributed by atoms with Gasteiger partial charge in [0.1, 0.15) is 0 Å². The van der Waals surface area contributed by atoms with Crippen molar-refractivity contribution in [3.8, 4) is 11.4 Å². The van der Waals surface area contributed by atoms with Gasteiger partial charge in [0.15, 0.2) is 17.5 Å². The Labute approximate surface area is 103 Å². The lowest BCUT2D eigenvalue weighted by Gasteiger charge is -2.06. The molecular formula is C13H11F2N3. The first-order chi connectivity index (χ1) is 8.65. The van der Waals surface area contributed by atoms with Crippen molar-refractivity contribution in [1.29, 1.82) is 0 Å². The van der Waals surface area contributed by atoms with Crippen LogP contribution in [0.1, 0.15) is 17.0 Å². The molecule has 0 saturated carbocycles. The van der Waals surface area contributed by atoms with Crippen LogP contribution in [0.25, 0.3) is 11.4 Å². The van der Waals surface area contributed by atoms with Gasteiger partial charge in [-0.3, -0.25) is 0 Å². The zero-order valence-electron chi connectivity index (χ0n) is 9.80. The fraction of sp³-hybridized carbons (Fsp3) is 0.231. The maximum Gasteiger partial charge on any atom is 0.159 e. The van der Waals surface area contributed by atoms with Crippen molar-refractivity contribution in [2.45, 2.75) is 20.0 Å². The summed E-state index contributed by atoms with van der Waals surface area (Å²) in [5, 5.41) is 3.19. The highest BCUT2D eigenvalue weighted by Gasteiger charge is 2.17. The summed E-state index contributed by atoms with van der Waals surface area (Å²) in [4.78, 5) is 8.74. The number of hydrogen-bond acceptors (Lipinski definition) is 3. The molecule has 0 saturated heterocycles. The Morgan fingerprint density at radius 1 is 1.11 bits per heavy atom. The summed E-state index contributed by atoms with van der Waals surface area (Å²) in [6.07, 6.45) is 0. The lowest BCUT2D eigenvalue weighted by molar-refractivity contribution is 0.509. The smallest absolute Gasteiger partial charge is 0.159 e. The van der Waals surface area contributed by atoms with E-state index in [2.05, 4.69) is 15.3 Å². The van der Waals surface area contributed by atoms with Crippen molar-refractivity contribution in [3.05, 3.63) is 46.8 Å². The normalized spacial score (nSPS) is 13.7. The monoisotopic (exact) mass is 247 g/mol. The predicted molar refractivity (Wildman–Crippen MR) is 62.7 cm³/mol. The number of nitrogens with one attached hydrogen (secondary N) is 1. The molecule has 0 spiro atoms. The Morgan fingerprint density at radius 3 is 2.72 bits per heavy atom. The fourth-order valence-corrected chi connectivity index (χ4v) is 2.10. The van der Waals surface area contributed by atoms with Crippen LogP contribution in [0.5, 0.6) is 0 Å². The molecule has 0 fully saturated rings. The third-order valence-corrected chi connectivity index (χ3v) is 3.07. The number of aromatic nitrogens is 2.